The predicted molar refractivity (Wildman–Crippen MR) is 236 cm³/mol. The largest absolute Gasteiger partial charge is 0.505 e. The third kappa shape index (κ3) is 15.2. The van der Waals surface area contributed by atoms with Crippen LogP contribution in [0.1, 0.15) is 13.8 Å². The Balaban J connectivity index is 0.00000374. The topological polar surface area (TPSA) is 395 Å². The minimum absolute atomic E-state index is 0. The average Bonchev–Trinajstić information content (AvgIpc) is 3.12. The molecule has 0 amide bonds. The van der Waals surface area contributed by atoms with Gasteiger partial charge >= 0.3 is 0 Å². The van der Waals surface area contributed by atoms with E-state index in [1.807, 2.05) is 0 Å². The van der Waals surface area contributed by atoms with Crippen LogP contribution in [0.2, 0.25) is 10.6 Å². The number of aromatic hydroxyl groups is 1. The average molecular weight is 1070 g/mol. The summed E-state index contributed by atoms with van der Waals surface area (Å²) in [6.07, 6.45) is -0.370. The van der Waals surface area contributed by atoms with Crippen molar-refractivity contribution < 1.29 is 61.7 Å². The third-order valence-electron chi connectivity index (χ3n) is 7.61. The molecule has 4 aromatic carbocycles. The van der Waals surface area contributed by atoms with Crippen LogP contribution in [0.25, 0.3) is 10.8 Å². The smallest absolute Gasteiger partial charge is 0.299 e. The Hall–Kier alpha value is -2.02. The van der Waals surface area contributed by atoms with Gasteiger partial charge < -0.3 is 14.8 Å². The summed E-state index contributed by atoms with van der Waals surface area (Å²) in [6.45, 7) is 3.38. The fraction of sp³-hybridized carbons (Fsp3) is 0.0968. The Kier molecular flexibility index (Phi) is 21.6. The summed E-state index contributed by atoms with van der Waals surface area (Å²) in [5.41, 5.74) is -3.74. The predicted octanol–water partition coefficient (Wildman–Crippen LogP) is 2.38. The molecule has 6 rings (SSSR count). The number of phenols is 1. The molecule has 35 heteroatoms. The molecule has 330 valence electrons. The number of fused-ring (bicyclic) bond motifs is 1. The molecule has 2 aromatic heterocycles. The van der Waals surface area contributed by atoms with E-state index in [0.29, 0.717) is 12.1 Å². The minimum Gasteiger partial charge on any atom is -0.505 e. The fourth-order valence-corrected chi connectivity index (χ4v) is 7.99. The Labute approximate surface area is 471 Å². The summed E-state index contributed by atoms with van der Waals surface area (Å²) in [7, 11) is -20.2. The zero-order valence-electron chi connectivity index (χ0n) is 34.7. The third-order valence-corrected chi connectivity index (χ3v) is 11.5. The molecule has 0 bridgehead atoms. The Morgan fingerprint density at radius 2 is 1.23 bits per heavy atom. The molecule has 25 nitrogen and oxygen atoms in total. The first-order valence-corrected chi connectivity index (χ1v) is 23.0. The van der Waals surface area contributed by atoms with Crippen LogP contribution in [0.3, 0.4) is 0 Å². The Morgan fingerprint density at radius 1 is 0.621 bits per heavy atom. The van der Waals surface area contributed by atoms with E-state index in [2.05, 4.69) is 55.1 Å². The van der Waals surface area contributed by atoms with Gasteiger partial charge in [-0.3, -0.25) is 28.2 Å². The van der Waals surface area contributed by atoms with Crippen LogP contribution in [0, 0.1) is 0 Å². The summed E-state index contributed by atoms with van der Waals surface area (Å²) in [5, 5.41) is 17.0. The quantitative estimate of drug-likeness (QED) is 0.0524. The second-order valence-corrected chi connectivity index (χ2v) is 18.7. The van der Waals surface area contributed by atoms with E-state index >= 15 is 0 Å². The first kappa shape index (κ1) is 60.1. The molecule has 0 atom stereocenters. The zero-order valence-corrected chi connectivity index (χ0v) is 47.5. The minimum atomic E-state index is -5.34. The first-order valence-electron chi connectivity index (χ1n) is 16.5. The molecule has 2 heterocycles. The van der Waals surface area contributed by atoms with Gasteiger partial charge in [-0.2, -0.15) is 48.6 Å². The molecular weight excluding hydrogens is 1040 g/mol. The van der Waals surface area contributed by atoms with Crippen molar-refractivity contribution in [3.63, 3.8) is 0 Å². The molecule has 8 N–H and O–H groups in total. The molecule has 0 unspecified atom stereocenters. The van der Waals surface area contributed by atoms with Crippen molar-refractivity contribution in [3.8, 4) is 11.8 Å². The number of nitrogens with one attached hydrogen (secondary N) is 3. The van der Waals surface area contributed by atoms with Gasteiger partial charge in [0.05, 0.1) is 33.4 Å². The first-order chi connectivity index (χ1) is 28.8. The number of azo groups is 1. The number of hydrogen-bond acceptors (Lipinski definition) is 18. The van der Waals surface area contributed by atoms with E-state index in [4.69, 9.17) is 27.9 Å². The van der Waals surface area contributed by atoms with Gasteiger partial charge in [0.2, 0.25) is 27.4 Å². The van der Waals surface area contributed by atoms with Crippen LogP contribution in [-0.2, 0) is 40.5 Å². The van der Waals surface area contributed by atoms with Gasteiger partial charge in [0.15, 0.2) is 5.75 Å². The molecule has 66 heavy (non-hydrogen) atoms. The summed E-state index contributed by atoms with van der Waals surface area (Å²) >= 11 is 12.2. The van der Waals surface area contributed by atoms with Gasteiger partial charge in [0.1, 0.15) is 26.1 Å². The SMILES string of the molecule is CC(C)Oc1nc(Cl)nc(=Nc2cc(N=c3nc(Cl)[nH]c(=Nc4cc(S(=O)(=O)O)cc5cc(S(=O)(=O)O)c(N=Nc6ccccc6S(=O)(=O)O)c(O)c45)[nH]3)ccc2S(=O)(=O)O)[nH]1.[Na].[Na].[Na].[Na]. The van der Waals surface area contributed by atoms with Crippen molar-refractivity contribution >= 4 is 221 Å². The van der Waals surface area contributed by atoms with Crippen molar-refractivity contribution in [2.24, 2.45) is 25.2 Å². The molecule has 0 saturated heterocycles. The van der Waals surface area contributed by atoms with Crippen molar-refractivity contribution in [1.29, 1.82) is 0 Å². The molecule has 0 spiro atoms. The van der Waals surface area contributed by atoms with E-state index in [9.17, 15) is 57.0 Å². The van der Waals surface area contributed by atoms with E-state index < -0.39 is 110 Å². The Bertz CT molecular complexity index is 3560. The molecule has 0 aliphatic rings. The number of nitrogens with zero attached hydrogens (tertiary/aromatic N) is 8. The molecule has 0 aliphatic carbocycles. The maximum absolute atomic E-state index is 12.5. The van der Waals surface area contributed by atoms with Gasteiger partial charge in [-0.05, 0) is 91.0 Å². The number of halogens is 2. The van der Waals surface area contributed by atoms with E-state index in [1.54, 1.807) is 13.8 Å². The van der Waals surface area contributed by atoms with Gasteiger partial charge in [-0.1, -0.05) is 12.1 Å². The van der Waals surface area contributed by atoms with Crippen molar-refractivity contribution in [1.82, 2.24) is 29.9 Å². The number of H-pyrrole nitrogens is 3. The molecule has 6 aromatic rings. The number of ether oxygens (including phenoxy) is 1. The summed E-state index contributed by atoms with van der Waals surface area (Å²) < 4.78 is 143. The standard InChI is InChI=1S/C31H25Cl2N11O14S4.4Na/c1-13(2)58-31-40-27(33)39-30(42-31)35-18-11-15(7-8-21(18)61(52,53)54)34-28-37-26(32)38-29(41-28)36-19-12-16(59(46,47)48)9-14-10-22(62(55,56)57)24(25(45)23(14)19)44-43-17-5-3-4-6-20(17)60(49,50)51;;;;/h3-13,45H,1-2H3,(H,46,47,48)(H,49,50,51)(H,52,53,54)(H,55,56,57)(H,35,39,40,42)(H2,34,36,37,38,41);;;;. The monoisotopic (exact) mass is 1060 g/mol. The molecule has 4 radical (unpaired) electrons. The maximum Gasteiger partial charge on any atom is 0.299 e. The maximum atomic E-state index is 12.5. The van der Waals surface area contributed by atoms with Crippen LogP contribution >= 0.6 is 23.2 Å². The summed E-state index contributed by atoms with van der Waals surface area (Å²) in [4.78, 5) is 28.5. The molecule has 0 saturated carbocycles. The fourth-order valence-electron chi connectivity index (χ4n) is 5.24. The zero-order chi connectivity index (χ0) is 45.5. The van der Waals surface area contributed by atoms with Crippen LogP contribution in [0.4, 0.5) is 28.4 Å². The second-order valence-electron chi connectivity index (χ2n) is 12.4. The van der Waals surface area contributed by atoms with Crippen molar-refractivity contribution in [3.05, 3.63) is 88.1 Å². The van der Waals surface area contributed by atoms with E-state index in [1.165, 1.54) is 12.1 Å². The van der Waals surface area contributed by atoms with E-state index in [-0.39, 0.29) is 153 Å². The molecular formula is C31H25Cl2N11Na4O14S4. The van der Waals surface area contributed by atoms with Crippen molar-refractivity contribution in [2.45, 2.75) is 39.5 Å². The van der Waals surface area contributed by atoms with E-state index in [0.717, 1.165) is 36.4 Å². The van der Waals surface area contributed by atoms with Crippen LogP contribution in [-0.4, -0.2) is 211 Å². The molecule has 0 aliphatic heterocycles. The van der Waals surface area contributed by atoms with Gasteiger partial charge in [-0.25, -0.2) is 15.0 Å². The Morgan fingerprint density at radius 3 is 1.83 bits per heavy atom. The van der Waals surface area contributed by atoms with Gasteiger partial charge in [0.25, 0.3) is 46.5 Å². The number of aromatic nitrogens is 6. The van der Waals surface area contributed by atoms with Crippen molar-refractivity contribution in [2.75, 3.05) is 0 Å². The molecule has 0 fully saturated rings. The second kappa shape index (κ2) is 23.7. The summed E-state index contributed by atoms with van der Waals surface area (Å²) in [5.74, 6) is -1.13. The number of benzene rings is 4. The number of rotatable bonds is 11. The van der Waals surface area contributed by atoms with Crippen LogP contribution < -0.4 is 21.6 Å². The normalized spacial score (nSPS) is 13.0. The number of phenolic OH excluding ortho intramolecular Hbond substituents is 1. The number of hydrogen-bond donors (Lipinski definition) is 8. The van der Waals surface area contributed by atoms with Gasteiger partial charge in [0, 0.05) is 118 Å². The van der Waals surface area contributed by atoms with Crippen LogP contribution in [0.5, 0.6) is 11.8 Å². The van der Waals surface area contributed by atoms with Gasteiger partial charge in [-0.15, -0.1) is 10.2 Å². The summed E-state index contributed by atoms with van der Waals surface area (Å²) in [6, 6.07) is 9.59. The number of aromatic amines is 3. The van der Waals surface area contributed by atoms with Crippen LogP contribution in [0.15, 0.2) is 105 Å².